The highest BCUT2D eigenvalue weighted by molar-refractivity contribution is 6.29. The molecule has 0 N–H and O–H groups in total. The normalized spacial score (nSPS) is 22.3. The molecule has 0 unspecified atom stereocenters. The Morgan fingerprint density at radius 2 is 2.38 bits per heavy atom. The Kier molecular flexibility index (Phi) is 2.31. The van der Waals surface area contributed by atoms with E-state index in [0.717, 1.165) is 0 Å². The van der Waals surface area contributed by atoms with Crippen LogP contribution in [0.1, 0.15) is 6.42 Å². The van der Waals surface area contributed by atoms with Gasteiger partial charge in [-0.05, 0) is 6.42 Å². The fraction of sp³-hybridized carbons (Fsp3) is 0.500. The lowest BCUT2D eigenvalue weighted by atomic mass is 10.3. The number of alkyl halides is 1. The standard InChI is InChI=1S/C8H9ClFN3/c9-7-3-8(12-5-11-7)13-2-1-6(10)4-13/h3,5-6H,1-2,4H2/t6-/m0/s1. The summed E-state index contributed by atoms with van der Waals surface area (Å²) < 4.78 is 12.8. The molecule has 0 spiro atoms. The van der Waals surface area contributed by atoms with Gasteiger partial charge in [0.15, 0.2) is 0 Å². The molecule has 1 aliphatic heterocycles. The Morgan fingerprint density at radius 1 is 1.54 bits per heavy atom. The van der Waals surface area contributed by atoms with Gasteiger partial charge >= 0.3 is 0 Å². The Morgan fingerprint density at radius 3 is 3.00 bits per heavy atom. The van der Waals surface area contributed by atoms with Gasteiger partial charge in [0.25, 0.3) is 0 Å². The van der Waals surface area contributed by atoms with Crippen LogP contribution in [0.4, 0.5) is 10.2 Å². The number of halogens is 2. The summed E-state index contributed by atoms with van der Waals surface area (Å²) in [4.78, 5) is 9.66. The molecule has 70 valence electrons. The summed E-state index contributed by atoms with van der Waals surface area (Å²) in [6.45, 7) is 1.11. The van der Waals surface area contributed by atoms with E-state index in [1.165, 1.54) is 6.33 Å². The average Bonchev–Trinajstić information content (AvgIpc) is 2.52. The lowest BCUT2D eigenvalue weighted by Crippen LogP contribution is -2.21. The van der Waals surface area contributed by atoms with E-state index in [1.54, 1.807) is 6.07 Å². The molecule has 0 saturated carbocycles. The third-order valence-electron chi connectivity index (χ3n) is 2.07. The highest BCUT2D eigenvalue weighted by atomic mass is 35.5. The Balaban J connectivity index is 2.16. The van der Waals surface area contributed by atoms with E-state index in [4.69, 9.17) is 11.6 Å². The topological polar surface area (TPSA) is 29.0 Å². The largest absolute Gasteiger partial charge is 0.353 e. The summed E-state index contributed by atoms with van der Waals surface area (Å²) in [5.41, 5.74) is 0. The van der Waals surface area contributed by atoms with E-state index in [9.17, 15) is 4.39 Å². The van der Waals surface area contributed by atoms with Gasteiger partial charge in [0.1, 0.15) is 23.5 Å². The highest BCUT2D eigenvalue weighted by Gasteiger charge is 2.22. The number of aromatic nitrogens is 2. The van der Waals surface area contributed by atoms with E-state index >= 15 is 0 Å². The first-order valence-electron chi connectivity index (χ1n) is 4.12. The molecule has 0 radical (unpaired) electrons. The van der Waals surface area contributed by atoms with Crippen molar-refractivity contribution in [3.8, 4) is 0 Å². The average molecular weight is 202 g/mol. The minimum atomic E-state index is -0.742. The molecule has 5 heteroatoms. The fourth-order valence-electron chi connectivity index (χ4n) is 1.42. The number of rotatable bonds is 1. The lowest BCUT2D eigenvalue weighted by Gasteiger charge is -2.15. The van der Waals surface area contributed by atoms with Crippen LogP contribution in [0.25, 0.3) is 0 Å². The first-order chi connectivity index (χ1) is 6.25. The van der Waals surface area contributed by atoms with Crippen molar-refractivity contribution in [2.24, 2.45) is 0 Å². The lowest BCUT2D eigenvalue weighted by molar-refractivity contribution is 0.364. The Bertz CT molecular complexity index is 307. The minimum Gasteiger partial charge on any atom is -0.353 e. The first kappa shape index (κ1) is 8.69. The van der Waals surface area contributed by atoms with E-state index in [0.29, 0.717) is 30.5 Å². The first-order valence-corrected chi connectivity index (χ1v) is 4.50. The van der Waals surface area contributed by atoms with Crippen LogP contribution < -0.4 is 4.90 Å². The summed E-state index contributed by atoms with van der Waals surface area (Å²) in [6, 6.07) is 1.65. The van der Waals surface area contributed by atoms with Gasteiger partial charge in [0.2, 0.25) is 0 Å². The van der Waals surface area contributed by atoms with Crippen LogP contribution >= 0.6 is 11.6 Å². The Hall–Kier alpha value is -0.900. The second-order valence-electron chi connectivity index (χ2n) is 3.03. The molecule has 3 nitrogen and oxygen atoms in total. The van der Waals surface area contributed by atoms with Crippen molar-refractivity contribution in [3.05, 3.63) is 17.5 Å². The molecule has 0 amide bonds. The maximum Gasteiger partial charge on any atom is 0.134 e. The molecule has 13 heavy (non-hydrogen) atoms. The zero-order valence-corrected chi connectivity index (χ0v) is 7.71. The monoisotopic (exact) mass is 201 g/mol. The van der Waals surface area contributed by atoms with Gasteiger partial charge in [-0.3, -0.25) is 0 Å². The quantitative estimate of drug-likeness (QED) is 0.648. The molecule has 0 bridgehead atoms. The van der Waals surface area contributed by atoms with Crippen LogP contribution in [0.2, 0.25) is 5.15 Å². The second-order valence-corrected chi connectivity index (χ2v) is 3.42. The molecule has 2 rings (SSSR count). The van der Waals surface area contributed by atoms with Crippen molar-refractivity contribution in [1.29, 1.82) is 0 Å². The molecule has 1 saturated heterocycles. The third-order valence-corrected chi connectivity index (χ3v) is 2.28. The van der Waals surface area contributed by atoms with Crippen LogP contribution in [-0.2, 0) is 0 Å². The van der Waals surface area contributed by atoms with Gasteiger partial charge in [-0.15, -0.1) is 0 Å². The van der Waals surface area contributed by atoms with Crippen molar-refractivity contribution in [1.82, 2.24) is 9.97 Å². The molecular weight excluding hydrogens is 193 g/mol. The Labute approximate surface area is 80.6 Å². The van der Waals surface area contributed by atoms with Crippen LogP contribution in [0.5, 0.6) is 0 Å². The molecule has 1 fully saturated rings. The van der Waals surface area contributed by atoms with E-state index in [2.05, 4.69) is 9.97 Å². The molecule has 1 atom stereocenters. The van der Waals surface area contributed by atoms with E-state index in [-0.39, 0.29) is 0 Å². The van der Waals surface area contributed by atoms with Crippen molar-refractivity contribution < 1.29 is 4.39 Å². The van der Waals surface area contributed by atoms with Crippen LogP contribution in [-0.4, -0.2) is 29.2 Å². The maximum absolute atomic E-state index is 12.8. The molecule has 2 heterocycles. The smallest absolute Gasteiger partial charge is 0.134 e. The predicted molar refractivity (Wildman–Crippen MR) is 48.8 cm³/mol. The van der Waals surface area contributed by atoms with Crippen LogP contribution in [0.3, 0.4) is 0 Å². The fourth-order valence-corrected chi connectivity index (χ4v) is 1.56. The summed E-state index contributed by atoms with van der Waals surface area (Å²) in [7, 11) is 0. The highest BCUT2D eigenvalue weighted by Crippen LogP contribution is 2.20. The number of hydrogen-bond acceptors (Lipinski definition) is 3. The predicted octanol–water partition coefficient (Wildman–Crippen LogP) is 1.68. The summed E-state index contributed by atoms with van der Waals surface area (Å²) in [5.74, 6) is 0.708. The van der Waals surface area contributed by atoms with Crippen molar-refractivity contribution in [2.45, 2.75) is 12.6 Å². The molecule has 0 aliphatic carbocycles. The van der Waals surface area contributed by atoms with Crippen molar-refractivity contribution in [2.75, 3.05) is 18.0 Å². The molecule has 1 aliphatic rings. The summed E-state index contributed by atoms with van der Waals surface area (Å²) in [5, 5.41) is 0.396. The van der Waals surface area contributed by atoms with E-state index in [1.807, 2.05) is 4.90 Å². The SMILES string of the molecule is F[C@H]1CCN(c2cc(Cl)ncn2)C1. The molecule has 1 aromatic rings. The zero-order valence-electron chi connectivity index (χ0n) is 6.95. The van der Waals surface area contributed by atoms with Crippen LogP contribution in [0, 0.1) is 0 Å². The van der Waals surface area contributed by atoms with Gasteiger partial charge < -0.3 is 4.90 Å². The maximum atomic E-state index is 12.8. The van der Waals surface area contributed by atoms with Crippen molar-refractivity contribution in [3.63, 3.8) is 0 Å². The van der Waals surface area contributed by atoms with Gasteiger partial charge in [-0.2, -0.15) is 0 Å². The van der Waals surface area contributed by atoms with Gasteiger partial charge in [0.05, 0.1) is 6.54 Å². The molecule has 0 aromatic carbocycles. The number of hydrogen-bond donors (Lipinski definition) is 0. The second kappa shape index (κ2) is 3.46. The zero-order chi connectivity index (χ0) is 9.26. The van der Waals surface area contributed by atoms with Crippen LogP contribution in [0.15, 0.2) is 12.4 Å². The summed E-state index contributed by atoms with van der Waals surface area (Å²) in [6.07, 6.45) is 1.22. The van der Waals surface area contributed by atoms with Crippen molar-refractivity contribution >= 4 is 17.4 Å². The van der Waals surface area contributed by atoms with Gasteiger partial charge in [-0.1, -0.05) is 11.6 Å². The summed E-state index contributed by atoms with van der Waals surface area (Å²) >= 11 is 5.69. The number of nitrogens with zero attached hydrogens (tertiary/aromatic N) is 3. The number of anilines is 1. The minimum absolute atomic E-state index is 0.396. The van der Waals surface area contributed by atoms with Gasteiger partial charge in [-0.25, -0.2) is 14.4 Å². The van der Waals surface area contributed by atoms with E-state index < -0.39 is 6.17 Å². The molecular formula is C8H9ClFN3. The molecule has 1 aromatic heterocycles. The van der Waals surface area contributed by atoms with Gasteiger partial charge in [0, 0.05) is 12.6 Å². The third kappa shape index (κ3) is 1.88.